The Hall–Kier alpha value is -1.81. The molecule has 2 aromatic heterocycles. The maximum atomic E-state index is 12.0. The average molecular weight is 371 g/mol. The molecule has 8 nitrogen and oxygen atoms in total. The van der Waals surface area contributed by atoms with Crippen LogP contribution in [-0.2, 0) is 14.6 Å². The van der Waals surface area contributed by atoms with Crippen molar-refractivity contribution in [1.82, 2.24) is 15.5 Å². The van der Waals surface area contributed by atoms with Crippen molar-refractivity contribution in [1.29, 1.82) is 0 Å². The number of thioether (sulfide) groups is 1. The van der Waals surface area contributed by atoms with Gasteiger partial charge in [0, 0.05) is 0 Å². The lowest BCUT2D eigenvalue weighted by Gasteiger charge is -2.23. The summed E-state index contributed by atoms with van der Waals surface area (Å²) in [4.78, 5) is 12.0. The molecule has 1 aliphatic heterocycles. The van der Waals surface area contributed by atoms with E-state index in [1.807, 2.05) is 0 Å². The third-order valence-electron chi connectivity index (χ3n) is 3.77. The van der Waals surface area contributed by atoms with Gasteiger partial charge in [-0.2, -0.15) is 0 Å². The molecule has 1 amide bonds. The molecule has 0 unspecified atom stereocenters. The number of sulfone groups is 1. The van der Waals surface area contributed by atoms with Crippen LogP contribution in [0.2, 0.25) is 0 Å². The van der Waals surface area contributed by atoms with E-state index in [0.29, 0.717) is 23.6 Å². The first-order chi connectivity index (χ1) is 11.3. The van der Waals surface area contributed by atoms with Crippen molar-refractivity contribution in [2.24, 2.45) is 0 Å². The molecule has 24 heavy (non-hydrogen) atoms. The van der Waals surface area contributed by atoms with Crippen molar-refractivity contribution in [3.05, 3.63) is 18.1 Å². The Bertz CT molecular complexity index is 857. The van der Waals surface area contributed by atoms with Gasteiger partial charge in [-0.15, -0.1) is 10.2 Å². The standard InChI is InChI=1S/C14H17N3O5S2/c1-9-10(3-5-21-9)12-16-17-13(22-12)23-7-11(18)15-14(2)4-6-24(19,20)8-14/h3,5H,4,6-8H2,1-2H3,(H,15,18)/t14-/m1/s1. The summed E-state index contributed by atoms with van der Waals surface area (Å²) in [6, 6.07) is 1.73. The highest BCUT2D eigenvalue weighted by Gasteiger charge is 2.39. The highest BCUT2D eigenvalue weighted by Crippen LogP contribution is 2.27. The molecule has 0 bridgehead atoms. The Kier molecular flexibility index (Phi) is 4.43. The fraction of sp³-hybridized carbons (Fsp3) is 0.500. The van der Waals surface area contributed by atoms with Gasteiger partial charge in [-0.3, -0.25) is 4.79 Å². The largest absolute Gasteiger partial charge is 0.469 e. The lowest BCUT2D eigenvalue weighted by molar-refractivity contribution is -0.120. The monoisotopic (exact) mass is 371 g/mol. The SMILES string of the molecule is Cc1occc1-c1nnc(SCC(=O)N[C@]2(C)CCS(=O)(=O)C2)o1. The van der Waals surface area contributed by atoms with Gasteiger partial charge in [0.1, 0.15) is 5.76 Å². The zero-order chi connectivity index (χ0) is 17.4. The summed E-state index contributed by atoms with van der Waals surface area (Å²) in [6.07, 6.45) is 1.96. The molecule has 0 aromatic carbocycles. The fourth-order valence-corrected chi connectivity index (χ4v) is 5.25. The second-order valence-electron chi connectivity index (χ2n) is 6.00. The van der Waals surface area contributed by atoms with Gasteiger partial charge in [0.15, 0.2) is 9.84 Å². The molecular formula is C14H17N3O5S2. The summed E-state index contributed by atoms with van der Waals surface area (Å²) in [5.41, 5.74) is 0.00664. The molecule has 1 atom stereocenters. The first kappa shape index (κ1) is 17.0. The summed E-state index contributed by atoms with van der Waals surface area (Å²) in [5.74, 6) is 0.886. The Morgan fingerprint density at radius 3 is 2.88 bits per heavy atom. The number of nitrogens with zero attached hydrogens (tertiary/aromatic N) is 2. The molecular weight excluding hydrogens is 354 g/mol. The number of hydrogen-bond donors (Lipinski definition) is 1. The lowest BCUT2D eigenvalue weighted by atomic mass is 10.0. The minimum absolute atomic E-state index is 0.0269. The molecule has 3 rings (SSSR count). The first-order valence-corrected chi connectivity index (χ1v) is 10.1. The number of carbonyl (C=O) groups excluding carboxylic acids is 1. The molecule has 0 radical (unpaired) electrons. The van der Waals surface area contributed by atoms with Gasteiger partial charge in [-0.05, 0) is 26.3 Å². The van der Waals surface area contributed by atoms with E-state index < -0.39 is 15.4 Å². The molecule has 2 aromatic rings. The van der Waals surface area contributed by atoms with Crippen molar-refractivity contribution in [2.45, 2.75) is 31.0 Å². The molecule has 130 valence electrons. The fourth-order valence-electron chi connectivity index (χ4n) is 2.59. The van der Waals surface area contributed by atoms with Crippen LogP contribution in [0.25, 0.3) is 11.5 Å². The van der Waals surface area contributed by atoms with Crippen LogP contribution in [-0.4, -0.2) is 47.3 Å². The molecule has 1 aliphatic rings. The van der Waals surface area contributed by atoms with Crippen LogP contribution in [0, 0.1) is 6.92 Å². The average Bonchev–Trinajstić information content (AvgIpc) is 3.16. The molecule has 0 aliphatic carbocycles. The molecule has 1 fully saturated rings. The van der Waals surface area contributed by atoms with Gasteiger partial charge in [-0.1, -0.05) is 11.8 Å². The van der Waals surface area contributed by atoms with Crippen molar-refractivity contribution in [3.8, 4) is 11.5 Å². The van der Waals surface area contributed by atoms with Crippen LogP contribution in [0.1, 0.15) is 19.1 Å². The highest BCUT2D eigenvalue weighted by molar-refractivity contribution is 7.99. The van der Waals surface area contributed by atoms with Crippen LogP contribution >= 0.6 is 11.8 Å². The number of carbonyl (C=O) groups is 1. The zero-order valence-corrected chi connectivity index (χ0v) is 14.9. The summed E-state index contributed by atoms with van der Waals surface area (Å²) >= 11 is 1.10. The van der Waals surface area contributed by atoms with E-state index in [0.717, 1.165) is 11.8 Å². The Morgan fingerprint density at radius 1 is 1.46 bits per heavy atom. The Balaban J connectivity index is 1.56. The molecule has 1 saturated heterocycles. The number of nitrogens with one attached hydrogen (secondary N) is 1. The van der Waals surface area contributed by atoms with Crippen LogP contribution < -0.4 is 5.32 Å². The van der Waals surface area contributed by atoms with Crippen molar-refractivity contribution in [3.63, 3.8) is 0 Å². The number of aromatic nitrogens is 2. The zero-order valence-electron chi connectivity index (χ0n) is 13.2. The Labute approximate surface area is 143 Å². The van der Waals surface area contributed by atoms with Crippen molar-refractivity contribution in [2.75, 3.05) is 17.3 Å². The van der Waals surface area contributed by atoms with Gasteiger partial charge in [0.05, 0.1) is 34.6 Å². The molecule has 3 heterocycles. The first-order valence-electron chi connectivity index (χ1n) is 7.29. The minimum Gasteiger partial charge on any atom is -0.469 e. The van der Waals surface area contributed by atoms with Crippen molar-refractivity contribution < 1.29 is 22.0 Å². The second kappa shape index (κ2) is 6.25. The molecule has 1 N–H and O–H groups in total. The van der Waals surface area contributed by atoms with Crippen LogP contribution in [0.5, 0.6) is 0 Å². The van der Waals surface area contributed by atoms with E-state index in [1.54, 1.807) is 19.9 Å². The lowest BCUT2D eigenvalue weighted by Crippen LogP contribution is -2.47. The maximum Gasteiger partial charge on any atom is 0.277 e. The van der Waals surface area contributed by atoms with E-state index in [9.17, 15) is 13.2 Å². The van der Waals surface area contributed by atoms with Crippen LogP contribution in [0.4, 0.5) is 0 Å². The number of aryl methyl sites for hydroxylation is 1. The summed E-state index contributed by atoms with van der Waals surface area (Å²) in [7, 11) is -3.06. The third kappa shape index (κ3) is 3.81. The summed E-state index contributed by atoms with van der Waals surface area (Å²) in [6.45, 7) is 3.53. The van der Waals surface area contributed by atoms with Gasteiger partial charge in [0.25, 0.3) is 11.1 Å². The van der Waals surface area contributed by atoms with E-state index in [2.05, 4.69) is 15.5 Å². The van der Waals surface area contributed by atoms with Gasteiger partial charge >= 0.3 is 0 Å². The van der Waals surface area contributed by atoms with E-state index in [-0.39, 0.29) is 28.4 Å². The summed E-state index contributed by atoms with van der Waals surface area (Å²) < 4.78 is 33.8. The normalized spacial score (nSPS) is 22.6. The molecule has 0 saturated carbocycles. The van der Waals surface area contributed by atoms with Gasteiger partial charge in [0.2, 0.25) is 5.91 Å². The third-order valence-corrected chi connectivity index (χ3v) is 6.49. The predicted octanol–water partition coefficient (Wildman–Crippen LogP) is 1.42. The molecule has 0 spiro atoms. The van der Waals surface area contributed by atoms with Gasteiger partial charge in [-0.25, -0.2) is 8.42 Å². The number of furan rings is 1. The van der Waals surface area contributed by atoms with E-state index in [1.165, 1.54) is 6.26 Å². The summed E-state index contributed by atoms with van der Waals surface area (Å²) in [5, 5.41) is 10.9. The van der Waals surface area contributed by atoms with Gasteiger partial charge < -0.3 is 14.2 Å². The predicted molar refractivity (Wildman–Crippen MR) is 87.3 cm³/mol. The van der Waals surface area contributed by atoms with Crippen molar-refractivity contribution >= 4 is 27.5 Å². The van der Waals surface area contributed by atoms with Crippen LogP contribution in [0.3, 0.4) is 0 Å². The number of hydrogen-bond acceptors (Lipinski definition) is 8. The molecule has 10 heteroatoms. The smallest absolute Gasteiger partial charge is 0.277 e. The highest BCUT2D eigenvalue weighted by atomic mass is 32.2. The number of amides is 1. The second-order valence-corrected chi connectivity index (χ2v) is 9.11. The van der Waals surface area contributed by atoms with Crippen LogP contribution in [0.15, 0.2) is 26.4 Å². The number of rotatable bonds is 5. The topological polar surface area (TPSA) is 115 Å². The van der Waals surface area contributed by atoms with E-state index >= 15 is 0 Å². The Morgan fingerprint density at radius 2 is 2.25 bits per heavy atom. The maximum absolute atomic E-state index is 12.0. The van der Waals surface area contributed by atoms with E-state index in [4.69, 9.17) is 8.83 Å². The minimum atomic E-state index is -3.06. The quantitative estimate of drug-likeness (QED) is 0.785.